The summed E-state index contributed by atoms with van der Waals surface area (Å²) in [4.78, 5) is 4.81. The van der Waals surface area contributed by atoms with Crippen molar-refractivity contribution in [2.75, 3.05) is 21.7 Å². The van der Waals surface area contributed by atoms with E-state index >= 15 is 0 Å². The monoisotopic (exact) mass is 1000 g/mol. The van der Waals surface area contributed by atoms with Gasteiger partial charge in [-0.15, -0.1) is 0 Å². The summed E-state index contributed by atoms with van der Waals surface area (Å²) in [5.74, 6) is 0. The zero-order chi connectivity index (χ0) is 51.9. The van der Waals surface area contributed by atoms with Crippen LogP contribution in [0.3, 0.4) is 0 Å². The van der Waals surface area contributed by atoms with Gasteiger partial charge in [-0.1, -0.05) is 180 Å². The van der Waals surface area contributed by atoms with Crippen molar-refractivity contribution in [1.82, 2.24) is 0 Å². The first-order chi connectivity index (χ1) is 37.8. The van der Waals surface area contributed by atoms with Gasteiger partial charge in [0.05, 0.1) is 22.7 Å². The number of furan rings is 2. The molecule has 0 amide bonds. The molecule has 0 radical (unpaired) electrons. The second-order valence-electron chi connectivity index (χ2n) is 21.5. The summed E-state index contributed by atoms with van der Waals surface area (Å²) < 4.78 is 14.5. The van der Waals surface area contributed by atoms with Crippen molar-refractivity contribution in [2.45, 2.75) is 64.8 Å². The van der Waals surface area contributed by atoms with Gasteiger partial charge in [0.25, 0.3) is 0 Å². The molecule has 0 saturated heterocycles. The molecule has 1 unspecified atom stereocenters. The first-order valence-electron chi connectivity index (χ1n) is 27.5. The third kappa shape index (κ3) is 7.34. The third-order valence-corrected chi connectivity index (χ3v) is 16.5. The predicted octanol–water partition coefficient (Wildman–Crippen LogP) is 20.2. The van der Waals surface area contributed by atoms with Crippen LogP contribution < -0.4 is 20.9 Å². The number of fused-ring (bicyclic) bond motifs is 15. The van der Waals surface area contributed by atoms with Gasteiger partial charge in [0.1, 0.15) is 5.58 Å². The number of anilines is 7. The molecule has 0 fully saturated rings. The highest BCUT2D eigenvalue weighted by atomic mass is 16.3. The van der Waals surface area contributed by atoms with E-state index in [4.69, 9.17) is 14.6 Å². The standard InChI is InChI=1S/C71H60N4O2/c1-5-7-39-73-60-41-45-24-15-17-30-50(45)66-55-34-20-35-61(67(55)77-70(60)66)74(46-25-10-8-11-26-46)48-37-38-53-57(42-48)71(3,4)58-43-63(51-31-18-19-32-52(51)64(53)58)75(47-27-12-9-13-28-47)62-36-21-33-54-65-49-29-16-14-23-44(49)40-56(59(72)22-6-2)69(65)76-68(54)62/h8-21,23-38,40-43,59,73H,5-7,22,39,72H2,1-4H3. The number of benzene rings is 11. The van der Waals surface area contributed by atoms with E-state index in [0.29, 0.717) is 0 Å². The van der Waals surface area contributed by atoms with E-state index in [-0.39, 0.29) is 6.04 Å². The van der Waals surface area contributed by atoms with Gasteiger partial charge in [-0.25, -0.2) is 0 Å². The number of unbranched alkanes of at least 4 members (excludes halogenated alkanes) is 1. The lowest BCUT2D eigenvalue weighted by molar-refractivity contribution is 0.613. The third-order valence-electron chi connectivity index (χ3n) is 16.5. The van der Waals surface area contributed by atoms with Crippen LogP contribution in [0.5, 0.6) is 0 Å². The van der Waals surface area contributed by atoms with E-state index in [9.17, 15) is 0 Å². The molecule has 14 rings (SSSR count). The van der Waals surface area contributed by atoms with Gasteiger partial charge in [-0.3, -0.25) is 0 Å². The Labute approximate surface area is 448 Å². The normalized spacial score (nSPS) is 13.3. The van der Waals surface area contributed by atoms with E-state index in [2.05, 4.69) is 249 Å². The molecule has 11 aromatic carbocycles. The van der Waals surface area contributed by atoms with Crippen molar-refractivity contribution < 1.29 is 8.83 Å². The Morgan fingerprint density at radius 2 is 1.03 bits per heavy atom. The second-order valence-corrected chi connectivity index (χ2v) is 21.5. The number of nitrogens with one attached hydrogen (secondary N) is 1. The number of hydrogen-bond acceptors (Lipinski definition) is 6. The summed E-state index contributed by atoms with van der Waals surface area (Å²) in [7, 11) is 0. The summed E-state index contributed by atoms with van der Waals surface area (Å²) in [5, 5.41) is 15.2. The second kappa shape index (κ2) is 18.5. The molecule has 2 heterocycles. The van der Waals surface area contributed by atoms with E-state index in [1.165, 1.54) is 43.8 Å². The molecule has 1 aliphatic carbocycles. The highest BCUT2D eigenvalue weighted by molar-refractivity contribution is 6.25. The number of nitrogens with zero attached hydrogens (tertiary/aromatic N) is 2. The maximum absolute atomic E-state index is 7.27. The summed E-state index contributed by atoms with van der Waals surface area (Å²) in [6.07, 6.45) is 4.04. The van der Waals surface area contributed by atoms with E-state index in [1.807, 2.05) is 0 Å². The average Bonchev–Trinajstić information content (AvgIpc) is 4.19. The molecule has 77 heavy (non-hydrogen) atoms. The smallest absolute Gasteiger partial charge is 0.159 e. The predicted molar refractivity (Wildman–Crippen MR) is 326 cm³/mol. The van der Waals surface area contributed by atoms with Gasteiger partial charge >= 0.3 is 0 Å². The van der Waals surface area contributed by atoms with Gasteiger partial charge in [-0.05, 0) is 129 Å². The maximum atomic E-state index is 7.27. The summed E-state index contributed by atoms with van der Waals surface area (Å²) in [5.41, 5.74) is 23.4. The Balaban J connectivity index is 0.960. The van der Waals surface area contributed by atoms with E-state index < -0.39 is 5.41 Å². The minimum atomic E-state index is -0.401. The molecule has 0 bridgehead atoms. The van der Waals surface area contributed by atoms with Crippen molar-refractivity contribution in [2.24, 2.45) is 5.73 Å². The van der Waals surface area contributed by atoms with Crippen molar-refractivity contribution in [3.8, 4) is 11.1 Å². The molecule has 1 aliphatic rings. The van der Waals surface area contributed by atoms with Crippen LogP contribution in [0.25, 0.3) is 87.3 Å². The minimum Gasteiger partial charge on any atom is -0.453 e. The largest absolute Gasteiger partial charge is 0.453 e. The van der Waals surface area contributed by atoms with Gasteiger partial charge < -0.3 is 29.7 Å². The molecule has 13 aromatic rings. The fourth-order valence-electron chi connectivity index (χ4n) is 12.8. The van der Waals surface area contributed by atoms with Crippen LogP contribution in [0.2, 0.25) is 0 Å². The lowest BCUT2D eigenvalue weighted by atomic mass is 9.81. The Morgan fingerprint density at radius 3 is 1.69 bits per heavy atom. The highest BCUT2D eigenvalue weighted by Gasteiger charge is 2.39. The zero-order valence-electron chi connectivity index (χ0n) is 44.0. The van der Waals surface area contributed by atoms with Crippen LogP contribution in [-0.2, 0) is 5.41 Å². The number of hydrogen-bond donors (Lipinski definition) is 2. The molecule has 2 aromatic heterocycles. The van der Waals surface area contributed by atoms with Crippen molar-refractivity contribution in [3.05, 3.63) is 223 Å². The molecule has 3 N–H and O–H groups in total. The Bertz CT molecular complexity index is 4440. The SMILES string of the molecule is CCCCNc1cc2ccccc2c2c1oc1c(N(c3ccccc3)c3ccc4c(c3)C(C)(C)c3cc(N(c5ccccc5)c5cccc6c5oc5c(C(N)CCC)cc7ccccc7c56)c5ccccc5c3-4)cccc12. The van der Waals surface area contributed by atoms with Crippen molar-refractivity contribution in [3.63, 3.8) is 0 Å². The van der Waals surface area contributed by atoms with Gasteiger partial charge in [0, 0.05) is 67.6 Å². The topological polar surface area (TPSA) is 70.8 Å². The Hall–Kier alpha value is -8.84. The van der Waals surface area contributed by atoms with Gasteiger partial charge in [-0.2, -0.15) is 0 Å². The summed E-state index contributed by atoms with van der Waals surface area (Å²) in [6.45, 7) is 10.1. The lowest BCUT2D eigenvalue weighted by Gasteiger charge is -2.30. The molecule has 1 atom stereocenters. The number of nitrogens with two attached hydrogens (primary N) is 1. The van der Waals surface area contributed by atoms with E-state index in [0.717, 1.165) is 132 Å². The Kier molecular flexibility index (Phi) is 11.2. The first kappa shape index (κ1) is 46.7. The fraction of sp³-hybridized carbons (Fsp3) is 0.155. The van der Waals surface area contributed by atoms with Gasteiger partial charge in [0.2, 0.25) is 0 Å². The van der Waals surface area contributed by atoms with Crippen LogP contribution in [0.4, 0.5) is 39.8 Å². The minimum absolute atomic E-state index is 0.156. The molecule has 376 valence electrons. The number of rotatable bonds is 13. The molecular formula is C71H60N4O2. The number of para-hydroxylation sites is 4. The summed E-state index contributed by atoms with van der Waals surface area (Å²) in [6, 6.07) is 74.9. The van der Waals surface area contributed by atoms with E-state index in [1.54, 1.807) is 0 Å². The molecule has 0 aliphatic heterocycles. The quantitative estimate of drug-likeness (QED) is 0.112. The zero-order valence-corrected chi connectivity index (χ0v) is 44.0. The molecule has 6 nitrogen and oxygen atoms in total. The van der Waals surface area contributed by atoms with Crippen LogP contribution in [-0.4, -0.2) is 6.54 Å². The van der Waals surface area contributed by atoms with Crippen molar-refractivity contribution in [1.29, 1.82) is 0 Å². The summed E-state index contributed by atoms with van der Waals surface area (Å²) >= 11 is 0. The Morgan fingerprint density at radius 1 is 0.468 bits per heavy atom. The fourth-order valence-corrected chi connectivity index (χ4v) is 12.8. The molecule has 6 heteroatoms. The average molecular weight is 1000 g/mol. The lowest BCUT2D eigenvalue weighted by Crippen LogP contribution is -2.18. The van der Waals surface area contributed by atoms with Crippen molar-refractivity contribution >= 4 is 116 Å². The van der Waals surface area contributed by atoms with Crippen LogP contribution in [0, 0.1) is 0 Å². The van der Waals surface area contributed by atoms with Crippen LogP contribution in [0.1, 0.15) is 76.1 Å². The van der Waals surface area contributed by atoms with Crippen LogP contribution in [0.15, 0.2) is 215 Å². The van der Waals surface area contributed by atoms with Crippen LogP contribution >= 0.6 is 0 Å². The highest BCUT2D eigenvalue weighted by Crippen LogP contribution is 2.57. The first-order valence-corrected chi connectivity index (χ1v) is 27.5. The molecular weight excluding hydrogens is 941 g/mol. The maximum Gasteiger partial charge on any atom is 0.159 e. The molecule has 0 spiro atoms. The van der Waals surface area contributed by atoms with Gasteiger partial charge in [0.15, 0.2) is 16.7 Å². The molecule has 0 saturated carbocycles.